The largest absolute Gasteiger partial charge is 0.493 e. The van der Waals surface area contributed by atoms with Gasteiger partial charge in [-0.15, -0.1) is 0 Å². The van der Waals surface area contributed by atoms with E-state index in [0.29, 0.717) is 18.1 Å². The van der Waals surface area contributed by atoms with Crippen LogP contribution in [0.5, 0.6) is 11.5 Å². The monoisotopic (exact) mass is 377 g/mol. The number of hydrogen-bond acceptors (Lipinski definition) is 4. The number of carboxylic acid groups (broad SMARTS) is 1. The van der Waals surface area contributed by atoms with Gasteiger partial charge in [-0.25, -0.2) is 4.79 Å². The van der Waals surface area contributed by atoms with Gasteiger partial charge in [0.1, 0.15) is 6.04 Å². The van der Waals surface area contributed by atoms with Gasteiger partial charge in [0.2, 0.25) is 0 Å². The van der Waals surface area contributed by atoms with E-state index in [-0.39, 0.29) is 17.0 Å². The zero-order chi connectivity index (χ0) is 19.1. The van der Waals surface area contributed by atoms with Gasteiger partial charge in [0.05, 0.1) is 18.7 Å². The third-order valence-corrected chi connectivity index (χ3v) is 3.95. The van der Waals surface area contributed by atoms with E-state index in [1.54, 1.807) is 19.1 Å². The third kappa shape index (κ3) is 4.89. The molecule has 0 aliphatic rings. The molecule has 1 atom stereocenters. The lowest BCUT2D eigenvalue weighted by atomic mass is 10.1. The van der Waals surface area contributed by atoms with Crippen molar-refractivity contribution in [2.45, 2.75) is 19.4 Å². The highest BCUT2D eigenvalue weighted by Crippen LogP contribution is 2.36. The number of hydrogen-bond donors (Lipinski definition) is 2. The molecule has 7 heteroatoms. The van der Waals surface area contributed by atoms with E-state index >= 15 is 0 Å². The molecule has 2 aromatic carbocycles. The summed E-state index contributed by atoms with van der Waals surface area (Å²) in [5.74, 6) is -1.03. The molecule has 0 radical (unpaired) electrons. The summed E-state index contributed by atoms with van der Waals surface area (Å²) in [7, 11) is 1.44. The number of halogens is 1. The first-order chi connectivity index (χ1) is 12.5. The van der Waals surface area contributed by atoms with E-state index in [1.165, 1.54) is 19.2 Å². The van der Waals surface area contributed by atoms with Crippen LogP contribution in [0.4, 0.5) is 0 Å². The summed E-state index contributed by atoms with van der Waals surface area (Å²) in [6.45, 7) is 2.19. The summed E-state index contributed by atoms with van der Waals surface area (Å²) >= 11 is 6.16. The minimum atomic E-state index is -1.12. The Balaban J connectivity index is 2.21. The van der Waals surface area contributed by atoms with Crippen LogP contribution in [0.15, 0.2) is 42.5 Å². The van der Waals surface area contributed by atoms with Crippen LogP contribution in [0.3, 0.4) is 0 Å². The molecule has 2 rings (SSSR count). The number of carbonyl (C=O) groups excluding carboxylic acids is 1. The average molecular weight is 378 g/mol. The van der Waals surface area contributed by atoms with Crippen LogP contribution in [0.1, 0.15) is 22.8 Å². The van der Waals surface area contributed by atoms with Crippen molar-refractivity contribution in [1.82, 2.24) is 5.32 Å². The average Bonchev–Trinajstić information content (AvgIpc) is 2.63. The number of carbonyl (C=O) groups is 2. The summed E-state index contributed by atoms with van der Waals surface area (Å²) in [5.41, 5.74) is 0.997. The van der Waals surface area contributed by atoms with Crippen LogP contribution in [0.25, 0.3) is 0 Å². The van der Waals surface area contributed by atoms with Crippen LogP contribution >= 0.6 is 11.6 Å². The SMILES string of the molecule is CCOc1c(Cl)cc(C(=O)NC(Cc2ccccc2)C(=O)O)cc1OC. The summed E-state index contributed by atoms with van der Waals surface area (Å²) in [6, 6.07) is 10.9. The van der Waals surface area contributed by atoms with Crippen molar-refractivity contribution in [2.75, 3.05) is 13.7 Å². The second-order valence-corrected chi connectivity index (χ2v) is 5.88. The molecule has 1 amide bonds. The van der Waals surface area contributed by atoms with Crippen molar-refractivity contribution < 1.29 is 24.2 Å². The van der Waals surface area contributed by atoms with Gasteiger partial charge in [-0.2, -0.15) is 0 Å². The molecule has 1 unspecified atom stereocenters. The van der Waals surface area contributed by atoms with Crippen molar-refractivity contribution >= 4 is 23.5 Å². The normalized spacial score (nSPS) is 11.5. The molecular formula is C19H20ClNO5. The van der Waals surface area contributed by atoms with Crippen molar-refractivity contribution in [3.8, 4) is 11.5 Å². The summed E-state index contributed by atoms with van der Waals surface area (Å²) in [4.78, 5) is 24.0. The maximum Gasteiger partial charge on any atom is 0.326 e. The quantitative estimate of drug-likeness (QED) is 0.738. The first-order valence-corrected chi connectivity index (χ1v) is 8.42. The molecule has 2 N–H and O–H groups in total. The van der Waals surface area contributed by atoms with Crippen LogP contribution in [-0.4, -0.2) is 36.7 Å². The second kappa shape index (κ2) is 9.10. The molecule has 0 fully saturated rings. The lowest BCUT2D eigenvalue weighted by molar-refractivity contribution is -0.139. The Kier molecular flexibility index (Phi) is 6.86. The third-order valence-electron chi connectivity index (χ3n) is 3.67. The van der Waals surface area contributed by atoms with E-state index in [2.05, 4.69) is 5.32 Å². The van der Waals surface area contributed by atoms with Gasteiger partial charge in [0.25, 0.3) is 5.91 Å². The Bertz CT molecular complexity index is 779. The zero-order valence-corrected chi connectivity index (χ0v) is 15.2. The van der Waals surface area contributed by atoms with Gasteiger partial charge < -0.3 is 19.9 Å². The number of nitrogens with one attached hydrogen (secondary N) is 1. The van der Waals surface area contributed by atoms with Gasteiger partial charge in [0.15, 0.2) is 11.5 Å². The minimum Gasteiger partial charge on any atom is -0.493 e. The Labute approximate surface area is 156 Å². The molecular weight excluding hydrogens is 358 g/mol. The number of benzene rings is 2. The van der Waals surface area contributed by atoms with Crippen molar-refractivity contribution in [1.29, 1.82) is 0 Å². The summed E-state index contributed by atoms with van der Waals surface area (Å²) in [6.07, 6.45) is 0.170. The zero-order valence-electron chi connectivity index (χ0n) is 14.5. The maximum atomic E-state index is 12.5. The molecule has 0 saturated carbocycles. The number of aliphatic carboxylic acids is 1. The highest BCUT2D eigenvalue weighted by molar-refractivity contribution is 6.32. The van der Waals surface area contributed by atoms with E-state index in [9.17, 15) is 14.7 Å². The predicted octanol–water partition coefficient (Wildman–Crippen LogP) is 3.17. The number of ether oxygens (including phenoxy) is 2. The fraction of sp³-hybridized carbons (Fsp3) is 0.263. The van der Waals surface area contributed by atoms with Gasteiger partial charge in [-0.05, 0) is 24.6 Å². The molecule has 0 aromatic heterocycles. The number of methoxy groups -OCH3 is 1. The van der Waals surface area contributed by atoms with Crippen LogP contribution < -0.4 is 14.8 Å². The second-order valence-electron chi connectivity index (χ2n) is 5.48. The highest BCUT2D eigenvalue weighted by atomic mass is 35.5. The number of rotatable bonds is 8. The van der Waals surface area contributed by atoms with Crippen LogP contribution in [0, 0.1) is 0 Å². The first kappa shape index (κ1) is 19.6. The minimum absolute atomic E-state index is 0.170. The van der Waals surface area contributed by atoms with E-state index in [4.69, 9.17) is 21.1 Å². The molecule has 0 bridgehead atoms. The molecule has 0 aliphatic heterocycles. The molecule has 2 aromatic rings. The maximum absolute atomic E-state index is 12.5. The van der Waals surface area contributed by atoms with Crippen LogP contribution in [0.2, 0.25) is 5.02 Å². The molecule has 138 valence electrons. The van der Waals surface area contributed by atoms with Gasteiger partial charge in [-0.1, -0.05) is 41.9 Å². The fourth-order valence-corrected chi connectivity index (χ4v) is 2.69. The van der Waals surface area contributed by atoms with Gasteiger partial charge >= 0.3 is 5.97 Å². The Hall–Kier alpha value is -2.73. The number of carboxylic acids is 1. The molecule has 0 saturated heterocycles. The number of amides is 1. The van der Waals surface area contributed by atoms with E-state index < -0.39 is 17.9 Å². The Morgan fingerprint density at radius 3 is 2.50 bits per heavy atom. The molecule has 0 spiro atoms. The Morgan fingerprint density at radius 2 is 1.92 bits per heavy atom. The van der Waals surface area contributed by atoms with Crippen molar-refractivity contribution in [3.63, 3.8) is 0 Å². The Morgan fingerprint density at radius 1 is 1.23 bits per heavy atom. The van der Waals surface area contributed by atoms with Crippen LogP contribution in [-0.2, 0) is 11.2 Å². The fourth-order valence-electron chi connectivity index (χ4n) is 2.43. The van der Waals surface area contributed by atoms with Crippen molar-refractivity contribution in [3.05, 3.63) is 58.6 Å². The van der Waals surface area contributed by atoms with Gasteiger partial charge in [-0.3, -0.25) is 4.79 Å². The molecule has 6 nitrogen and oxygen atoms in total. The smallest absolute Gasteiger partial charge is 0.326 e. The topological polar surface area (TPSA) is 84.9 Å². The van der Waals surface area contributed by atoms with E-state index in [0.717, 1.165) is 5.56 Å². The summed E-state index contributed by atoms with van der Waals surface area (Å²) in [5, 5.41) is 12.1. The molecule has 0 heterocycles. The lowest BCUT2D eigenvalue weighted by Gasteiger charge is -2.16. The highest BCUT2D eigenvalue weighted by Gasteiger charge is 2.23. The lowest BCUT2D eigenvalue weighted by Crippen LogP contribution is -2.42. The molecule has 26 heavy (non-hydrogen) atoms. The van der Waals surface area contributed by atoms with Crippen molar-refractivity contribution in [2.24, 2.45) is 0 Å². The first-order valence-electron chi connectivity index (χ1n) is 8.04. The molecule has 0 aliphatic carbocycles. The predicted molar refractivity (Wildman–Crippen MR) is 98.2 cm³/mol. The standard InChI is InChI=1S/C19H20ClNO5/c1-3-26-17-14(20)10-13(11-16(17)25-2)18(22)21-15(19(23)24)9-12-7-5-4-6-8-12/h4-8,10-11,15H,3,9H2,1-2H3,(H,21,22)(H,23,24). The summed E-state index contributed by atoms with van der Waals surface area (Å²) < 4.78 is 10.6. The van der Waals surface area contributed by atoms with Gasteiger partial charge in [0, 0.05) is 12.0 Å². The van der Waals surface area contributed by atoms with E-state index in [1.807, 2.05) is 18.2 Å².